The Morgan fingerprint density at radius 3 is 2.50 bits per heavy atom. The lowest BCUT2D eigenvalue weighted by atomic mass is 10.0. The second-order valence-corrected chi connectivity index (χ2v) is 2.83. The van der Waals surface area contributed by atoms with Crippen molar-refractivity contribution in [2.45, 2.75) is 25.1 Å². The molecule has 1 saturated heterocycles. The third-order valence-electron chi connectivity index (χ3n) is 1.96. The van der Waals surface area contributed by atoms with Gasteiger partial charge < -0.3 is 0 Å². The Kier molecular flexibility index (Phi) is 2.58. The Hall–Kier alpha value is -0.760. The van der Waals surface area contributed by atoms with Crippen molar-refractivity contribution in [1.29, 1.82) is 5.26 Å². The highest BCUT2D eigenvalue weighted by atomic mass is 19.4. The third kappa shape index (κ3) is 2.38. The van der Waals surface area contributed by atoms with Gasteiger partial charge in [-0.25, -0.2) is 0 Å². The minimum absolute atomic E-state index is 0.0400. The van der Waals surface area contributed by atoms with Crippen LogP contribution in [-0.4, -0.2) is 30.2 Å². The maximum atomic E-state index is 11.7. The summed E-state index contributed by atoms with van der Waals surface area (Å²) < 4.78 is 35.1. The molecule has 12 heavy (non-hydrogen) atoms. The topological polar surface area (TPSA) is 27.0 Å². The quantitative estimate of drug-likeness (QED) is 0.641. The third-order valence-corrected chi connectivity index (χ3v) is 1.96. The Bertz CT molecular complexity index is 194. The van der Waals surface area contributed by atoms with Crippen molar-refractivity contribution in [2.75, 3.05) is 13.1 Å². The van der Waals surface area contributed by atoms with Crippen LogP contribution in [0.2, 0.25) is 0 Å². The summed E-state index contributed by atoms with van der Waals surface area (Å²) in [6.07, 6.45) is -4.21. The molecule has 1 fully saturated rings. The van der Waals surface area contributed by atoms with Gasteiger partial charge in [-0.2, -0.15) is 18.4 Å². The van der Waals surface area contributed by atoms with Crippen LogP contribution in [0.4, 0.5) is 13.2 Å². The van der Waals surface area contributed by atoms with Crippen LogP contribution in [-0.2, 0) is 0 Å². The fourth-order valence-corrected chi connectivity index (χ4v) is 1.12. The van der Waals surface area contributed by atoms with Crippen LogP contribution in [0.3, 0.4) is 0 Å². The van der Waals surface area contributed by atoms with Crippen LogP contribution in [0, 0.1) is 11.3 Å². The van der Waals surface area contributed by atoms with Gasteiger partial charge in [0.05, 0.1) is 18.5 Å². The van der Waals surface area contributed by atoms with Crippen molar-refractivity contribution >= 4 is 0 Å². The molecule has 0 spiro atoms. The van der Waals surface area contributed by atoms with Gasteiger partial charge in [0.25, 0.3) is 0 Å². The van der Waals surface area contributed by atoms with Gasteiger partial charge in [0.1, 0.15) is 0 Å². The first-order chi connectivity index (χ1) is 5.53. The minimum atomic E-state index is -4.10. The first-order valence-electron chi connectivity index (χ1n) is 3.73. The van der Waals surface area contributed by atoms with Crippen molar-refractivity contribution in [1.82, 2.24) is 4.90 Å². The van der Waals surface area contributed by atoms with E-state index in [1.165, 1.54) is 0 Å². The highest BCUT2D eigenvalue weighted by molar-refractivity contribution is 4.98. The number of likely N-dealkylation sites (tertiary alicyclic amines) is 1. The van der Waals surface area contributed by atoms with Crippen molar-refractivity contribution < 1.29 is 13.2 Å². The molecule has 0 radical (unpaired) electrons. The lowest BCUT2D eigenvalue weighted by molar-refractivity contribution is -0.140. The van der Waals surface area contributed by atoms with Gasteiger partial charge in [-0.05, 0) is 6.42 Å². The fourth-order valence-electron chi connectivity index (χ4n) is 1.12. The summed E-state index contributed by atoms with van der Waals surface area (Å²) in [6, 6.07) is 1.66. The van der Waals surface area contributed by atoms with Gasteiger partial charge in [0.2, 0.25) is 0 Å². The Balaban J connectivity index is 2.21. The summed E-state index contributed by atoms with van der Waals surface area (Å²) in [4.78, 5) is 1.55. The Morgan fingerprint density at radius 2 is 2.17 bits per heavy atom. The molecule has 2 nitrogen and oxygen atoms in total. The average Bonchev–Trinajstić information content (AvgIpc) is 1.83. The van der Waals surface area contributed by atoms with E-state index >= 15 is 0 Å². The zero-order valence-electron chi connectivity index (χ0n) is 6.43. The van der Waals surface area contributed by atoms with E-state index in [4.69, 9.17) is 5.26 Å². The first-order valence-corrected chi connectivity index (χ1v) is 3.73. The molecule has 1 heterocycles. The molecular formula is C7H9F3N2. The van der Waals surface area contributed by atoms with Gasteiger partial charge in [-0.3, -0.25) is 4.90 Å². The van der Waals surface area contributed by atoms with Gasteiger partial charge >= 0.3 is 6.18 Å². The molecule has 5 heteroatoms. The van der Waals surface area contributed by atoms with Crippen LogP contribution in [0.15, 0.2) is 0 Å². The lowest BCUT2D eigenvalue weighted by Crippen LogP contribution is -2.47. The van der Waals surface area contributed by atoms with Gasteiger partial charge in [0.15, 0.2) is 0 Å². The number of nitrogens with zero attached hydrogens (tertiary/aromatic N) is 2. The van der Waals surface area contributed by atoms with E-state index in [1.54, 1.807) is 4.90 Å². The van der Waals surface area contributed by atoms with Crippen LogP contribution >= 0.6 is 0 Å². The van der Waals surface area contributed by atoms with Gasteiger partial charge in [-0.1, -0.05) is 0 Å². The predicted molar refractivity (Wildman–Crippen MR) is 36.3 cm³/mol. The smallest absolute Gasteiger partial charge is 0.288 e. The molecule has 0 amide bonds. The summed E-state index contributed by atoms with van der Waals surface area (Å²) in [5, 5.41) is 8.41. The van der Waals surface area contributed by atoms with E-state index in [0.29, 0.717) is 13.0 Å². The molecule has 0 saturated carbocycles. The molecular weight excluding hydrogens is 169 g/mol. The van der Waals surface area contributed by atoms with E-state index in [-0.39, 0.29) is 12.6 Å². The maximum Gasteiger partial charge on any atom is 0.390 e. The molecule has 1 unspecified atom stereocenters. The Labute approximate surface area is 68.6 Å². The average molecular weight is 178 g/mol. The van der Waals surface area contributed by atoms with Gasteiger partial charge in [0, 0.05) is 13.1 Å². The molecule has 0 N–H and O–H groups in total. The predicted octanol–water partition coefficient (Wildman–Crippen LogP) is 1.54. The number of hydrogen-bond donors (Lipinski definition) is 0. The lowest BCUT2D eigenvalue weighted by Gasteiger charge is -2.36. The van der Waals surface area contributed by atoms with Crippen molar-refractivity contribution in [3.63, 3.8) is 0 Å². The molecule has 1 atom stereocenters. The number of hydrogen-bond acceptors (Lipinski definition) is 2. The van der Waals surface area contributed by atoms with Crippen molar-refractivity contribution in [2.24, 2.45) is 0 Å². The summed E-state index contributed by atoms with van der Waals surface area (Å²) in [5.41, 5.74) is 0. The highest BCUT2D eigenvalue weighted by Crippen LogP contribution is 2.23. The van der Waals surface area contributed by atoms with E-state index in [0.717, 1.165) is 0 Å². The molecule has 0 aromatic rings. The minimum Gasteiger partial charge on any atom is -0.288 e. The summed E-state index contributed by atoms with van der Waals surface area (Å²) >= 11 is 0. The van der Waals surface area contributed by atoms with E-state index in [2.05, 4.69) is 0 Å². The van der Waals surface area contributed by atoms with Crippen molar-refractivity contribution in [3.05, 3.63) is 0 Å². The second kappa shape index (κ2) is 3.31. The van der Waals surface area contributed by atoms with Crippen LogP contribution < -0.4 is 0 Å². The SMILES string of the molecule is N#CC1CCN1CCC(F)(F)F. The number of nitriles is 1. The molecule has 0 aliphatic carbocycles. The maximum absolute atomic E-state index is 11.7. The standard InChI is InChI=1S/C7H9F3N2/c8-7(9,10)2-4-12-3-1-6(12)5-11/h6H,1-4H2. The zero-order valence-corrected chi connectivity index (χ0v) is 6.43. The van der Waals surface area contributed by atoms with E-state index < -0.39 is 12.6 Å². The molecule has 0 aromatic carbocycles. The largest absolute Gasteiger partial charge is 0.390 e. The zero-order chi connectivity index (χ0) is 9.19. The molecule has 1 aliphatic heterocycles. The summed E-state index contributed by atoms with van der Waals surface area (Å²) in [7, 11) is 0. The second-order valence-electron chi connectivity index (χ2n) is 2.83. The molecule has 68 valence electrons. The monoisotopic (exact) mass is 178 g/mol. The fraction of sp³-hybridized carbons (Fsp3) is 0.857. The molecule has 1 rings (SSSR count). The summed E-state index contributed by atoms with van der Waals surface area (Å²) in [5.74, 6) is 0. The number of rotatable bonds is 2. The number of halogens is 3. The first kappa shape index (κ1) is 9.33. The van der Waals surface area contributed by atoms with Crippen molar-refractivity contribution in [3.8, 4) is 6.07 Å². The van der Waals surface area contributed by atoms with Crippen LogP contribution in [0.25, 0.3) is 0 Å². The Morgan fingerprint density at radius 1 is 1.50 bits per heavy atom. The van der Waals surface area contributed by atoms with Gasteiger partial charge in [-0.15, -0.1) is 0 Å². The van der Waals surface area contributed by atoms with Crippen LogP contribution in [0.1, 0.15) is 12.8 Å². The highest BCUT2D eigenvalue weighted by Gasteiger charge is 2.33. The molecule has 1 aliphatic rings. The van der Waals surface area contributed by atoms with E-state index in [9.17, 15) is 13.2 Å². The van der Waals surface area contributed by atoms with E-state index in [1.807, 2.05) is 6.07 Å². The number of alkyl halides is 3. The summed E-state index contributed by atoms with van der Waals surface area (Å²) in [6.45, 7) is 0.579. The normalized spacial score (nSPS) is 24.7. The molecule has 0 bridgehead atoms. The molecule has 0 aromatic heterocycles. The van der Waals surface area contributed by atoms with Crippen LogP contribution in [0.5, 0.6) is 0 Å².